The molecule has 0 radical (unpaired) electrons. The topological polar surface area (TPSA) is 54.4 Å². The number of hydrogen-bond acceptors (Lipinski definition) is 4. The third-order valence-corrected chi connectivity index (χ3v) is 4.91. The molecular formula is C21H24N4O. The van der Waals surface area contributed by atoms with Gasteiger partial charge in [0.25, 0.3) is 0 Å². The zero-order valence-electron chi connectivity index (χ0n) is 15.4. The predicted octanol–water partition coefficient (Wildman–Crippen LogP) is 4.16. The van der Waals surface area contributed by atoms with Crippen molar-refractivity contribution in [2.75, 3.05) is 10.6 Å². The zero-order valence-corrected chi connectivity index (χ0v) is 15.4. The number of benzene rings is 2. The van der Waals surface area contributed by atoms with Crippen molar-refractivity contribution < 1.29 is 4.74 Å². The normalized spacial score (nSPS) is 18.6. The third-order valence-electron chi connectivity index (χ3n) is 4.91. The fraction of sp³-hybridized carbons (Fsp3) is 0.286. The van der Waals surface area contributed by atoms with Crippen molar-refractivity contribution in [3.8, 4) is 0 Å². The van der Waals surface area contributed by atoms with E-state index in [4.69, 9.17) is 4.74 Å². The van der Waals surface area contributed by atoms with Crippen LogP contribution < -0.4 is 10.6 Å². The molecule has 0 amide bonds. The summed E-state index contributed by atoms with van der Waals surface area (Å²) in [6.07, 6.45) is 1.88. The number of aromatic nitrogens is 2. The van der Waals surface area contributed by atoms with E-state index >= 15 is 0 Å². The van der Waals surface area contributed by atoms with E-state index in [2.05, 4.69) is 72.0 Å². The van der Waals surface area contributed by atoms with Gasteiger partial charge in [0.2, 0.25) is 0 Å². The fourth-order valence-corrected chi connectivity index (χ4v) is 3.20. The molecule has 2 atom stereocenters. The average Bonchev–Trinajstić information content (AvgIpc) is 3.26. The number of ether oxygens (including phenoxy) is 1. The first-order chi connectivity index (χ1) is 12.6. The molecule has 5 nitrogen and oxygen atoms in total. The molecule has 4 rings (SSSR count). The van der Waals surface area contributed by atoms with E-state index in [1.54, 1.807) is 6.20 Å². The number of anilines is 2. The highest BCUT2D eigenvalue weighted by atomic mass is 16.6. The van der Waals surface area contributed by atoms with Gasteiger partial charge in [-0.2, -0.15) is 5.10 Å². The summed E-state index contributed by atoms with van der Waals surface area (Å²) in [5, 5.41) is 11.2. The SMILES string of the molecule is Cc1ccccc1CNc1ccc(NC2OC2c2ccnn2C)c(C)c1. The molecule has 2 N–H and O–H groups in total. The van der Waals surface area contributed by atoms with Gasteiger partial charge in [-0.3, -0.25) is 4.68 Å². The van der Waals surface area contributed by atoms with Gasteiger partial charge in [0.1, 0.15) is 6.10 Å². The molecule has 1 fully saturated rings. The van der Waals surface area contributed by atoms with E-state index < -0.39 is 0 Å². The maximum atomic E-state index is 5.76. The van der Waals surface area contributed by atoms with Crippen LogP contribution in [0.4, 0.5) is 11.4 Å². The van der Waals surface area contributed by atoms with Crippen LogP contribution in [0.1, 0.15) is 28.5 Å². The first-order valence-electron chi connectivity index (χ1n) is 8.91. The Morgan fingerprint density at radius 3 is 2.65 bits per heavy atom. The minimum atomic E-state index is 0.00915. The lowest BCUT2D eigenvalue weighted by molar-refractivity contribution is 0.378. The average molecular weight is 348 g/mol. The lowest BCUT2D eigenvalue weighted by atomic mass is 10.1. The Labute approximate surface area is 154 Å². The number of nitrogens with zero attached hydrogens (tertiary/aromatic N) is 2. The van der Waals surface area contributed by atoms with Crippen molar-refractivity contribution in [3.63, 3.8) is 0 Å². The first-order valence-corrected chi connectivity index (χ1v) is 8.91. The Morgan fingerprint density at radius 1 is 1.08 bits per heavy atom. The molecular weight excluding hydrogens is 324 g/mol. The maximum absolute atomic E-state index is 5.76. The van der Waals surface area contributed by atoms with Crippen molar-refractivity contribution >= 4 is 11.4 Å². The molecule has 26 heavy (non-hydrogen) atoms. The quantitative estimate of drug-likeness (QED) is 0.657. The van der Waals surface area contributed by atoms with Crippen LogP contribution in [0, 0.1) is 13.8 Å². The largest absolute Gasteiger partial charge is 0.381 e. The minimum Gasteiger partial charge on any atom is -0.381 e. The monoisotopic (exact) mass is 348 g/mol. The molecule has 1 saturated heterocycles. The summed E-state index contributed by atoms with van der Waals surface area (Å²) in [5.74, 6) is 0. The van der Waals surface area contributed by atoms with E-state index in [-0.39, 0.29) is 12.3 Å². The van der Waals surface area contributed by atoms with E-state index in [9.17, 15) is 0 Å². The van der Waals surface area contributed by atoms with Crippen LogP contribution in [0.2, 0.25) is 0 Å². The Morgan fingerprint density at radius 2 is 1.92 bits per heavy atom. The molecule has 134 valence electrons. The van der Waals surface area contributed by atoms with E-state index in [0.717, 1.165) is 23.6 Å². The lowest BCUT2D eigenvalue weighted by Crippen LogP contribution is -2.08. The highest BCUT2D eigenvalue weighted by Crippen LogP contribution is 2.39. The number of epoxide rings is 1. The van der Waals surface area contributed by atoms with Crippen LogP contribution in [-0.2, 0) is 18.3 Å². The smallest absolute Gasteiger partial charge is 0.161 e. The molecule has 5 heteroatoms. The Hall–Kier alpha value is -2.79. The maximum Gasteiger partial charge on any atom is 0.161 e. The van der Waals surface area contributed by atoms with Crippen LogP contribution in [0.3, 0.4) is 0 Å². The van der Waals surface area contributed by atoms with Gasteiger partial charge in [-0.15, -0.1) is 0 Å². The van der Waals surface area contributed by atoms with Crippen LogP contribution in [0.5, 0.6) is 0 Å². The van der Waals surface area contributed by atoms with Gasteiger partial charge in [-0.25, -0.2) is 0 Å². The van der Waals surface area contributed by atoms with Gasteiger partial charge < -0.3 is 15.4 Å². The first kappa shape index (κ1) is 16.7. The van der Waals surface area contributed by atoms with E-state index in [0.29, 0.717) is 0 Å². The molecule has 2 aromatic carbocycles. The summed E-state index contributed by atoms with van der Waals surface area (Å²) in [5.41, 5.74) is 7.13. The van der Waals surface area contributed by atoms with Gasteiger partial charge in [-0.05, 0) is 54.8 Å². The minimum absolute atomic E-state index is 0.00915. The van der Waals surface area contributed by atoms with Crippen molar-refractivity contribution in [3.05, 3.63) is 77.1 Å². The number of nitrogens with one attached hydrogen (secondary N) is 2. The van der Waals surface area contributed by atoms with E-state index in [1.807, 2.05) is 17.8 Å². The summed E-state index contributed by atoms with van der Waals surface area (Å²) in [7, 11) is 1.94. The van der Waals surface area contributed by atoms with Crippen molar-refractivity contribution in [2.45, 2.75) is 32.7 Å². The molecule has 2 heterocycles. The van der Waals surface area contributed by atoms with Gasteiger partial charge >= 0.3 is 0 Å². The Kier molecular flexibility index (Phi) is 4.39. The number of hydrogen-bond donors (Lipinski definition) is 2. The van der Waals surface area contributed by atoms with Crippen molar-refractivity contribution in [1.29, 1.82) is 0 Å². The Bertz CT molecular complexity index is 918. The fourth-order valence-electron chi connectivity index (χ4n) is 3.20. The molecule has 3 aromatic rings. The molecule has 0 bridgehead atoms. The van der Waals surface area contributed by atoms with Crippen molar-refractivity contribution in [2.24, 2.45) is 7.05 Å². The highest BCUT2D eigenvalue weighted by Gasteiger charge is 2.42. The second kappa shape index (κ2) is 6.84. The lowest BCUT2D eigenvalue weighted by Gasteiger charge is -2.12. The molecule has 0 saturated carbocycles. The standard InChI is InChI=1S/C21H24N4O/c1-14-6-4-5-7-16(14)13-22-17-8-9-18(15(2)12-17)24-21-20(26-21)19-10-11-23-25(19)3/h4-12,20-22,24H,13H2,1-3H3. The van der Waals surface area contributed by atoms with Gasteiger partial charge in [0.15, 0.2) is 6.23 Å². The van der Waals surface area contributed by atoms with Crippen LogP contribution in [0.25, 0.3) is 0 Å². The second-order valence-corrected chi connectivity index (χ2v) is 6.81. The zero-order chi connectivity index (χ0) is 18.1. The van der Waals surface area contributed by atoms with Crippen LogP contribution in [-0.4, -0.2) is 16.0 Å². The molecule has 0 spiro atoms. The van der Waals surface area contributed by atoms with Gasteiger partial charge in [0, 0.05) is 31.2 Å². The number of rotatable bonds is 6. The Balaban J connectivity index is 1.38. The molecule has 2 unspecified atom stereocenters. The molecule has 0 aliphatic carbocycles. The number of aryl methyl sites for hydroxylation is 3. The van der Waals surface area contributed by atoms with Crippen LogP contribution >= 0.6 is 0 Å². The summed E-state index contributed by atoms with van der Waals surface area (Å²) < 4.78 is 7.62. The van der Waals surface area contributed by atoms with Crippen molar-refractivity contribution in [1.82, 2.24) is 9.78 Å². The summed E-state index contributed by atoms with van der Waals surface area (Å²) in [6.45, 7) is 5.08. The third kappa shape index (κ3) is 3.44. The predicted molar refractivity (Wildman–Crippen MR) is 104 cm³/mol. The van der Waals surface area contributed by atoms with Crippen LogP contribution in [0.15, 0.2) is 54.7 Å². The van der Waals surface area contributed by atoms with E-state index in [1.165, 1.54) is 16.7 Å². The second-order valence-electron chi connectivity index (χ2n) is 6.81. The summed E-state index contributed by atoms with van der Waals surface area (Å²) in [4.78, 5) is 0. The molecule has 1 aromatic heterocycles. The molecule has 1 aliphatic rings. The van der Waals surface area contributed by atoms with Gasteiger partial charge in [-0.1, -0.05) is 24.3 Å². The van der Waals surface area contributed by atoms with Gasteiger partial charge in [0.05, 0.1) is 5.69 Å². The highest BCUT2D eigenvalue weighted by molar-refractivity contribution is 5.60. The molecule has 1 aliphatic heterocycles. The summed E-state index contributed by atoms with van der Waals surface area (Å²) >= 11 is 0. The summed E-state index contributed by atoms with van der Waals surface area (Å²) in [6, 6.07) is 16.8.